The van der Waals surface area contributed by atoms with Crippen LogP contribution >= 0.6 is 0 Å². The number of amides is 2. The highest BCUT2D eigenvalue weighted by Crippen LogP contribution is 1.97. The van der Waals surface area contributed by atoms with Crippen molar-refractivity contribution in [2.45, 2.75) is 12.8 Å². The smallest absolute Gasteiger partial charge is 0.309 e. The van der Waals surface area contributed by atoms with Crippen molar-refractivity contribution < 1.29 is 19.2 Å². The average molecular weight is 320 g/mol. The largest absolute Gasteiger partial charge is 0.370 e. The van der Waals surface area contributed by atoms with Gasteiger partial charge in [-0.1, -0.05) is 30.3 Å². The predicted octanol–water partition coefficient (Wildman–Crippen LogP) is -1.23. The number of ether oxygens (including phenoxy) is 1. The van der Waals surface area contributed by atoms with Crippen molar-refractivity contribution in [3.8, 4) is 0 Å². The minimum absolute atomic E-state index is 0.466. The van der Waals surface area contributed by atoms with Gasteiger partial charge in [-0.15, -0.1) is 0 Å². The third-order valence-electron chi connectivity index (χ3n) is 3.94. The van der Waals surface area contributed by atoms with Gasteiger partial charge in [-0.25, -0.2) is 0 Å². The minimum atomic E-state index is -0.556. The topological polar surface area (TPSA) is 71.9 Å². The highest BCUT2D eigenvalue weighted by atomic mass is 16.5. The van der Waals surface area contributed by atoms with E-state index in [-0.39, 0.29) is 0 Å². The number of hydrogen-bond acceptors (Lipinski definition) is 3. The monoisotopic (exact) mass is 320 g/mol. The molecule has 3 N–H and O–H groups in total. The van der Waals surface area contributed by atoms with E-state index in [1.165, 1.54) is 4.90 Å². The second-order valence-electron chi connectivity index (χ2n) is 5.71. The Balaban J connectivity index is 1.53. The summed E-state index contributed by atoms with van der Waals surface area (Å²) < 4.78 is 5.30. The van der Waals surface area contributed by atoms with E-state index in [2.05, 4.69) is 10.6 Å². The van der Waals surface area contributed by atoms with Crippen LogP contribution in [0.3, 0.4) is 0 Å². The van der Waals surface area contributed by atoms with E-state index in [1.54, 1.807) is 0 Å². The Labute approximate surface area is 137 Å². The Morgan fingerprint density at radius 2 is 1.65 bits per heavy atom. The van der Waals surface area contributed by atoms with E-state index in [1.807, 2.05) is 30.3 Å². The summed E-state index contributed by atoms with van der Waals surface area (Å²) in [6, 6.07) is 9.87. The molecular formula is C17H26N3O3+. The molecule has 1 fully saturated rings. The van der Waals surface area contributed by atoms with E-state index in [4.69, 9.17) is 4.74 Å². The first-order valence-electron chi connectivity index (χ1n) is 8.27. The van der Waals surface area contributed by atoms with Crippen LogP contribution in [-0.2, 0) is 20.7 Å². The van der Waals surface area contributed by atoms with Gasteiger partial charge in [0.15, 0.2) is 0 Å². The van der Waals surface area contributed by atoms with Crippen LogP contribution in [0.2, 0.25) is 0 Å². The Bertz CT molecular complexity index is 487. The minimum Gasteiger partial charge on any atom is -0.370 e. The van der Waals surface area contributed by atoms with E-state index in [0.29, 0.717) is 13.1 Å². The molecule has 1 aromatic carbocycles. The molecule has 0 aliphatic carbocycles. The predicted molar refractivity (Wildman–Crippen MR) is 87.2 cm³/mol. The van der Waals surface area contributed by atoms with E-state index >= 15 is 0 Å². The lowest BCUT2D eigenvalue weighted by molar-refractivity contribution is -0.908. The van der Waals surface area contributed by atoms with Gasteiger partial charge in [0.1, 0.15) is 13.1 Å². The molecule has 2 rings (SSSR count). The standard InChI is InChI=1S/C17H25N3O3/c21-16(18-8-4-10-20-11-13-23-14-12-20)17(22)19-9-7-15-5-2-1-3-6-15/h1-3,5-6H,4,7-14H2,(H,18,21)(H,19,22)/p+1. The summed E-state index contributed by atoms with van der Waals surface area (Å²) in [7, 11) is 0. The molecule has 0 aromatic heterocycles. The van der Waals surface area contributed by atoms with Gasteiger partial charge in [0.05, 0.1) is 19.8 Å². The molecule has 1 aliphatic rings. The molecule has 0 radical (unpaired) electrons. The van der Waals surface area contributed by atoms with Crippen molar-refractivity contribution in [1.82, 2.24) is 10.6 Å². The van der Waals surface area contributed by atoms with Crippen LogP contribution in [-0.4, -0.2) is 57.8 Å². The summed E-state index contributed by atoms with van der Waals surface area (Å²) in [5.41, 5.74) is 1.14. The Kier molecular flexibility index (Phi) is 7.56. The highest BCUT2D eigenvalue weighted by Gasteiger charge is 2.15. The zero-order chi connectivity index (χ0) is 16.3. The molecule has 1 aromatic rings. The number of carbonyl (C=O) groups excluding carboxylic acids is 2. The fourth-order valence-corrected chi connectivity index (χ4v) is 2.58. The van der Waals surface area contributed by atoms with Crippen LogP contribution < -0.4 is 15.5 Å². The number of benzene rings is 1. The molecular weight excluding hydrogens is 294 g/mol. The first-order valence-corrected chi connectivity index (χ1v) is 8.27. The quantitative estimate of drug-likeness (QED) is 0.435. The summed E-state index contributed by atoms with van der Waals surface area (Å²) in [5, 5.41) is 5.32. The van der Waals surface area contributed by atoms with Crippen LogP contribution in [0, 0.1) is 0 Å². The molecule has 1 aliphatic heterocycles. The number of nitrogens with one attached hydrogen (secondary N) is 3. The molecule has 126 valence electrons. The zero-order valence-corrected chi connectivity index (χ0v) is 13.5. The van der Waals surface area contributed by atoms with Gasteiger partial charge in [0.2, 0.25) is 0 Å². The van der Waals surface area contributed by atoms with Crippen molar-refractivity contribution in [2.75, 3.05) is 45.9 Å². The Hall–Kier alpha value is -1.92. The molecule has 2 amide bonds. The molecule has 0 unspecified atom stereocenters. The first-order chi connectivity index (χ1) is 11.3. The van der Waals surface area contributed by atoms with Gasteiger partial charge in [-0.3, -0.25) is 9.59 Å². The molecule has 6 nitrogen and oxygen atoms in total. The van der Waals surface area contributed by atoms with Crippen molar-refractivity contribution in [2.24, 2.45) is 0 Å². The number of quaternary nitrogens is 1. The third-order valence-corrected chi connectivity index (χ3v) is 3.94. The number of carbonyl (C=O) groups is 2. The molecule has 0 bridgehead atoms. The van der Waals surface area contributed by atoms with E-state index < -0.39 is 11.8 Å². The van der Waals surface area contributed by atoms with Crippen molar-refractivity contribution in [3.05, 3.63) is 35.9 Å². The molecule has 23 heavy (non-hydrogen) atoms. The van der Waals surface area contributed by atoms with E-state index in [0.717, 1.165) is 51.3 Å². The SMILES string of the molecule is O=C(NCCC[NH+]1CCOCC1)C(=O)NCCc1ccccc1. The van der Waals surface area contributed by atoms with Crippen molar-refractivity contribution in [3.63, 3.8) is 0 Å². The van der Waals surface area contributed by atoms with Crippen LogP contribution in [0.15, 0.2) is 30.3 Å². The normalized spacial score (nSPS) is 15.1. The lowest BCUT2D eigenvalue weighted by Gasteiger charge is -2.23. The molecule has 1 saturated heterocycles. The van der Waals surface area contributed by atoms with Crippen LogP contribution in [0.4, 0.5) is 0 Å². The fraction of sp³-hybridized carbons (Fsp3) is 0.529. The zero-order valence-electron chi connectivity index (χ0n) is 13.5. The summed E-state index contributed by atoms with van der Waals surface area (Å²) in [6.07, 6.45) is 1.60. The van der Waals surface area contributed by atoms with Gasteiger partial charge < -0.3 is 20.3 Å². The van der Waals surface area contributed by atoms with Gasteiger partial charge in [0.25, 0.3) is 0 Å². The van der Waals surface area contributed by atoms with E-state index in [9.17, 15) is 9.59 Å². The van der Waals surface area contributed by atoms with Crippen molar-refractivity contribution >= 4 is 11.8 Å². The maximum Gasteiger partial charge on any atom is 0.309 e. The van der Waals surface area contributed by atoms with Crippen LogP contribution in [0.1, 0.15) is 12.0 Å². The fourth-order valence-electron chi connectivity index (χ4n) is 2.58. The molecule has 0 saturated carbocycles. The first kappa shape index (κ1) is 17.4. The van der Waals surface area contributed by atoms with Gasteiger partial charge in [0, 0.05) is 19.5 Å². The molecule has 1 heterocycles. The summed E-state index contributed by atoms with van der Waals surface area (Å²) in [4.78, 5) is 24.9. The summed E-state index contributed by atoms with van der Waals surface area (Å²) in [5.74, 6) is -1.10. The number of hydrogen-bond donors (Lipinski definition) is 3. The molecule has 6 heteroatoms. The maximum atomic E-state index is 11.7. The summed E-state index contributed by atoms with van der Waals surface area (Å²) >= 11 is 0. The molecule has 0 atom stereocenters. The van der Waals surface area contributed by atoms with Crippen LogP contribution in [0.5, 0.6) is 0 Å². The van der Waals surface area contributed by atoms with Crippen molar-refractivity contribution in [1.29, 1.82) is 0 Å². The second-order valence-corrected chi connectivity index (χ2v) is 5.71. The molecule has 0 spiro atoms. The highest BCUT2D eigenvalue weighted by molar-refractivity contribution is 6.35. The Morgan fingerprint density at radius 1 is 1.00 bits per heavy atom. The van der Waals surface area contributed by atoms with Gasteiger partial charge >= 0.3 is 11.8 Å². The second kappa shape index (κ2) is 9.97. The average Bonchev–Trinajstić information content (AvgIpc) is 2.60. The summed E-state index contributed by atoms with van der Waals surface area (Å²) in [6.45, 7) is 5.67. The third kappa shape index (κ3) is 6.80. The number of morpholine rings is 1. The lowest BCUT2D eigenvalue weighted by atomic mass is 10.1. The maximum absolute atomic E-state index is 11.7. The Morgan fingerprint density at radius 3 is 2.35 bits per heavy atom. The van der Waals surface area contributed by atoms with Gasteiger partial charge in [-0.05, 0) is 12.0 Å². The number of rotatable bonds is 7. The van der Waals surface area contributed by atoms with Gasteiger partial charge in [-0.2, -0.15) is 0 Å². The lowest BCUT2D eigenvalue weighted by Crippen LogP contribution is -3.14. The van der Waals surface area contributed by atoms with Crippen LogP contribution in [0.25, 0.3) is 0 Å².